The quantitative estimate of drug-likeness (QED) is 0.739. The Morgan fingerprint density at radius 1 is 1.00 bits per heavy atom. The Balaban J connectivity index is 1.23. The van der Waals surface area contributed by atoms with Crippen LogP contribution < -0.4 is 9.64 Å². The summed E-state index contributed by atoms with van der Waals surface area (Å²) in [5, 5.41) is 0. The number of benzene rings is 1. The van der Waals surface area contributed by atoms with Gasteiger partial charge in [0.2, 0.25) is 5.91 Å². The molecule has 1 saturated carbocycles. The van der Waals surface area contributed by atoms with Crippen molar-refractivity contribution in [1.29, 1.82) is 0 Å². The summed E-state index contributed by atoms with van der Waals surface area (Å²) in [6, 6.07) is 8.16. The lowest BCUT2D eigenvalue weighted by Crippen LogP contribution is -2.52. The molecule has 0 unspecified atom stereocenters. The van der Waals surface area contributed by atoms with Gasteiger partial charge in [-0.05, 0) is 63.8 Å². The number of anilines is 1. The second-order valence-electron chi connectivity index (χ2n) is 8.81. The molecule has 0 spiro atoms. The van der Waals surface area contributed by atoms with Gasteiger partial charge in [-0.25, -0.2) is 4.79 Å². The van der Waals surface area contributed by atoms with Crippen molar-refractivity contribution < 1.29 is 19.1 Å². The minimum Gasteiger partial charge on any atom is -0.490 e. The highest BCUT2D eigenvalue weighted by molar-refractivity contribution is 5.89. The summed E-state index contributed by atoms with van der Waals surface area (Å²) in [4.78, 5) is 30.7. The van der Waals surface area contributed by atoms with Crippen LogP contribution in [0, 0.1) is 5.92 Å². The Morgan fingerprint density at radius 2 is 1.67 bits per heavy atom. The molecule has 0 aromatic heterocycles. The summed E-state index contributed by atoms with van der Waals surface area (Å²) < 4.78 is 11.1. The first-order valence-corrected chi connectivity index (χ1v) is 11.2. The van der Waals surface area contributed by atoms with Gasteiger partial charge in [0, 0.05) is 43.8 Å². The van der Waals surface area contributed by atoms with E-state index in [1.165, 1.54) is 0 Å². The zero-order chi connectivity index (χ0) is 21.1. The van der Waals surface area contributed by atoms with Crippen LogP contribution in [-0.4, -0.2) is 73.3 Å². The topological polar surface area (TPSA) is 62.3 Å². The lowest BCUT2D eigenvalue weighted by Gasteiger charge is -2.39. The first kappa shape index (κ1) is 21.0. The summed E-state index contributed by atoms with van der Waals surface area (Å²) in [6.45, 7) is 9.12. The first-order valence-electron chi connectivity index (χ1n) is 11.2. The van der Waals surface area contributed by atoms with Gasteiger partial charge in [0.25, 0.3) is 0 Å². The monoisotopic (exact) mass is 415 g/mol. The van der Waals surface area contributed by atoms with E-state index in [4.69, 9.17) is 9.47 Å². The molecule has 2 saturated heterocycles. The lowest BCUT2D eigenvalue weighted by molar-refractivity contribution is -0.139. The largest absolute Gasteiger partial charge is 0.490 e. The molecule has 3 aliphatic rings. The highest BCUT2D eigenvalue weighted by Gasteiger charge is 2.32. The van der Waals surface area contributed by atoms with Crippen LogP contribution in [-0.2, 0) is 9.53 Å². The smallest absolute Gasteiger partial charge is 0.414 e. The first-order chi connectivity index (χ1) is 14.5. The van der Waals surface area contributed by atoms with Gasteiger partial charge in [0.1, 0.15) is 12.4 Å². The van der Waals surface area contributed by atoms with E-state index in [-0.39, 0.29) is 18.1 Å². The van der Waals surface area contributed by atoms with Crippen LogP contribution in [0.2, 0.25) is 0 Å². The van der Waals surface area contributed by atoms with E-state index in [2.05, 4.69) is 23.6 Å². The number of nitrogens with zero attached hydrogens (tertiary/aromatic N) is 3. The number of piperazine rings is 1. The van der Waals surface area contributed by atoms with Crippen molar-refractivity contribution in [3.63, 3.8) is 0 Å². The van der Waals surface area contributed by atoms with Gasteiger partial charge >= 0.3 is 6.09 Å². The fourth-order valence-electron chi connectivity index (χ4n) is 4.67. The third kappa shape index (κ3) is 4.72. The molecule has 1 aromatic carbocycles. The second-order valence-corrected chi connectivity index (χ2v) is 8.81. The zero-order valence-electron chi connectivity index (χ0n) is 18.1. The van der Waals surface area contributed by atoms with Crippen LogP contribution in [0.15, 0.2) is 24.3 Å². The fraction of sp³-hybridized carbons (Fsp3) is 0.652. The molecule has 7 nitrogen and oxygen atoms in total. The summed E-state index contributed by atoms with van der Waals surface area (Å²) >= 11 is 0. The van der Waals surface area contributed by atoms with Gasteiger partial charge in [-0.1, -0.05) is 0 Å². The van der Waals surface area contributed by atoms with Crippen molar-refractivity contribution in [1.82, 2.24) is 9.80 Å². The van der Waals surface area contributed by atoms with Crippen LogP contribution >= 0.6 is 0 Å². The molecule has 2 aliphatic heterocycles. The van der Waals surface area contributed by atoms with Crippen molar-refractivity contribution in [3.8, 4) is 5.75 Å². The van der Waals surface area contributed by atoms with Gasteiger partial charge in [-0.3, -0.25) is 14.6 Å². The van der Waals surface area contributed by atoms with Crippen molar-refractivity contribution >= 4 is 17.7 Å². The van der Waals surface area contributed by atoms with E-state index in [1.807, 2.05) is 24.3 Å². The van der Waals surface area contributed by atoms with Crippen molar-refractivity contribution in [2.24, 2.45) is 5.92 Å². The second kappa shape index (κ2) is 9.25. The zero-order valence-corrected chi connectivity index (χ0v) is 18.1. The Hall–Kier alpha value is -2.28. The van der Waals surface area contributed by atoms with E-state index in [0.29, 0.717) is 25.1 Å². The molecule has 0 radical (unpaired) electrons. The summed E-state index contributed by atoms with van der Waals surface area (Å²) in [5.74, 6) is 1.28. The van der Waals surface area contributed by atoms with Gasteiger partial charge < -0.3 is 14.4 Å². The number of carbonyl (C=O) groups is 2. The molecule has 4 rings (SSSR count). The predicted molar refractivity (Wildman–Crippen MR) is 115 cm³/mol. The summed E-state index contributed by atoms with van der Waals surface area (Å²) in [7, 11) is 0. The number of rotatable bonds is 5. The molecule has 0 atom stereocenters. The maximum absolute atomic E-state index is 12.9. The van der Waals surface area contributed by atoms with E-state index >= 15 is 0 Å². The highest BCUT2D eigenvalue weighted by Crippen LogP contribution is 2.30. The Bertz CT molecular complexity index is 735. The maximum atomic E-state index is 12.9. The molecule has 2 heterocycles. The highest BCUT2D eigenvalue weighted by atomic mass is 16.6. The van der Waals surface area contributed by atoms with Crippen LogP contribution in [0.25, 0.3) is 0 Å². The SMILES string of the molecule is CC(C)N1CCN(C(=O)C2CCC(Oc3ccc(N4CCOC4=O)cc3)CC2)CC1. The molecule has 2 amide bonds. The number of ether oxygens (including phenoxy) is 2. The minimum absolute atomic E-state index is 0.138. The fourth-order valence-corrected chi connectivity index (χ4v) is 4.67. The average molecular weight is 416 g/mol. The van der Waals surface area contributed by atoms with Crippen molar-refractivity contribution in [2.75, 3.05) is 44.2 Å². The lowest BCUT2D eigenvalue weighted by atomic mass is 9.86. The minimum atomic E-state index is -0.294. The van der Waals surface area contributed by atoms with E-state index in [1.54, 1.807) is 4.90 Å². The van der Waals surface area contributed by atoms with E-state index in [0.717, 1.165) is 63.3 Å². The molecule has 3 fully saturated rings. The average Bonchev–Trinajstić information content (AvgIpc) is 3.20. The summed E-state index contributed by atoms with van der Waals surface area (Å²) in [6.07, 6.45) is 3.45. The van der Waals surface area contributed by atoms with Gasteiger partial charge in [0.05, 0.1) is 12.6 Å². The Morgan fingerprint density at radius 3 is 2.23 bits per heavy atom. The summed E-state index contributed by atoms with van der Waals surface area (Å²) in [5.41, 5.74) is 0.830. The third-order valence-corrected chi connectivity index (χ3v) is 6.59. The van der Waals surface area contributed by atoms with E-state index in [9.17, 15) is 9.59 Å². The van der Waals surface area contributed by atoms with E-state index < -0.39 is 0 Å². The van der Waals surface area contributed by atoms with Gasteiger partial charge in [-0.15, -0.1) is 0 Å². The molecular weight excluding hydrogens is 382 g/mol. The predicted octanol–water partition coefficient (Wildman–Crippen LogP) is 3.13. The molecule has 164 valence electrons. The molecule has 1 aliphatic carbocycles. The Kier molecular flexibility index (Phi) is 6.46. The van der Waals surface area contributed by atoms with Crippen molar-refractivity contribution in [2.45, 2.75) is 51.7 Å². The number of cyclic esters (lactones) is 1. The molecule has 0 bridgehead atoms. The molecule has 30 heavy (non-hydrogen) atoms. The standard InChI is InChI=1S/C23H33N3O4/c1-17(2)24-11-13-25(14-12-24)22(27)18-3-7-20(8-4-18)30-21-9-5-19(6-10-21)26-15-16-29-23(26)28/h5-6,9-10,17-18,20H,3-4,7-8,11-16H2,1-2H3. The third-order valence-electron chi connectivity index (χ3n) is 6.59. The van der Waals surface area contributed by atoms with Crippen LogP contribution in [0.3, 0.4) is 0 Å². The van der Waals surface area contributed by atoms with Gasteiger partial charge in [-0.2, -0.15) is 0 Å². The number of hydrogen-bond donors (Lipinski definition) is 0. The molecule has 0 N–H and O–H groups in total. The van der Waals surface area contributed by atoms with Crippen LogP contribution in [0.4, 0.5) is 10.5 Å². The van der Waals surface area contributed by atoms with Gasteiger partial charge in [0.15, 0.2) is 0 Å². The number of amides is 2. The Labute approximate surface area is 178 Å². The van der Waals surface area contributed by atoms with Crippen molar-refractivity contribution in [3.05, 3.63) is 24.3 Å². The maximum Gasteiger partial charge on any atom is 0.414 e. The van der Waals surface area contributed by atoms with Crippen LogP contribution in [0.5, 0.6) is 5.75 Å². The van der Waals surface area contributed by atoms with Crippen LogP contribution in [0.1, 0.15) is 39.5 Å². The normalized spacial score (nSPS) is 25.5. The number of hydrogen-bond acceptors (Lipinski definition) is 5. The molecule has 1 aromatic rings. The number of carbonyl (C=O) groups excluding carboxylic acids is 2. The molecular formula is C23H33N3O4. The molecule has 7 heteroatoms.